The molecule has 0 saturated carbocycles. The zero-order valence-corrected chi connectivity index (χ0v) is 18.0. The van der Waals surface area contributed by atoms with Crippen molar-refractivity contribution >= 4 is 17.8 Å². The number of amides is 4. The predicted molar refractivity (Wildman–Crippen MR) is 115 cm³/mol. The average Bonchev–Trinajstić information content (AvgIpc) is 3.05. The number of nitrogens with one attached hydrogen (secondary N) is 1. The SMILES string of the molecule is COc1ccc(CN2C(=O)N[C@@H](CCC(=O)N(C)Cc3ccccc3)C2=O)cc1OC. The number of urea groups is 1. The summed E-state index contributed by atoms with van der Waals surface area (Å²) in [4.78, 5) is 40.3. The van der Waals surface area contributed by atoms with E-state index in [1.807, 2.05) is 30.3 Å². The van der Waals surface area contributed by atoms with Crippen LogP contribution in [0.25, 0.3) is 0 Å². The molecule has 1 saturated heterocycles. The van der Waals surface area contributed by atoms with Gasteiger partial charge in [0.25, 0.3) is 5.91 Å². The standard InChI is InChI=1S/C23H27N3O5/c1-25(14-16-7-5-4-6-8-16)21(27)12-10-18-22(28)26(23(29)24-18)15-17-9-11-19(30-2)20(13-17)31-3/h4-9,11,13,18H,10,12,14-15H2,1-3H3,(H,24,29)/t18-/m0/s1. The van der Waals surface area contributed by atoms with Gasteiger partial charge in [0.1, 0.15) is 6.04 Å². The van der Waals surface area contributed by atoms with Crippen molar-refractivity contribution in [2.75, 3.05) is 21.3 Å². The van der Waals surface area contributed by atoms with Crippen molar-refractivity contribution in [3.8, 4) is 11.5 Å². The fourth-order valence-electron chi connectivity index (χ4n) is 3.49. The van der Waals surface area contributed by atoms with E-state index in [0.717, 1.165) is 16.0 Å². The molecule has 0 spiro atoms. The molecule has 8 heteroatoms. The van der Waals surface area contributed by atoms with Gasteiger partial charge in [-0.25, -0.2) is 4.79 Å². The number of hydrogen-bond acceptors (Lipinski definition) is 5. The van der Waals surface area contributed by atoms with Gasteiger partial charge in [0.2, 0.25) is 5.91 Å². The molecule has 1 heterocycles. The molecule has 0 unspecified atom stereocenters. The number of carbonyl (C=O) groups is 3. The summed E-state index contributed by atoms with van der Waals surface area (Å²) >= 11 is 0. The van der Waals surface area contributed by atoms with E-state index in [1.165, 1.54) is 14.2 Å². The summed E-state index contributed by atoms with van der Waals surface area (Å²) in [7, 11) is 4.79. The largest absolute Gasteiger partial charge is 0.493 e. The Morgan fingerprint density at radius 3 is 2.42 bits per heavy atom. The van der Waals surface area contributed by atoms with Crippen LogP contribution in [0.15, 0.2) is 48.5 Å². The molecule has 0 bridgehead atoms. The number of benzene rings is 2. The van der Waals surface area contributed by atoms with E-state index in [1.54, 1.807) is 30.1 Å². The number of nitrogens with zero attached hydrogens (tertiary/aromatic N) is 2. The normalized spacial score (nSPS) is 15.6. The Kier molecular flexibility index (Phi) is 7.12. The zero-order valence-electron chi connectivity index (χ0n) is 18.0. The quantitative estimate of drug-likeness (QED) is 0.624. The second-order valence-corrected chi connectivity index (χ2v) is 7.39. The maximum Gasteiger partial charge on any atom is 0.325 e. The molecular weight excluding hydrogens is 398 g/mol. The predicted octanol–water partition coefficient (Wildman–Crippen LogP) is 2.56. The van der Waals surface area contributed by atoms with Crippen molar-refractivity contribution in [2.24, 2.45) is 0 Å². The number of imide groups is 1. The van der Waals surface area contributed by atoms with Crippen LogP contribution in [-0.4, -0.2) is 55.0 Å². The Labute approximate surface area is 181 Å². The molecular formula is C23H27N3O5. The molecule has 1 atom stereocenters. The molecule has 8 nitrogen and oxygen atoms in total. The Bertz CT molecular complexity index is 947. The van der Waals surface area contributed by atoms with Crippen molar-refractivity contribution in [3.05, 3.63) is 59.7 Å². The van der Waals surface area contributed by atoms with Crippen LogP contribution in [0.3, 0.4) is 0 Å². The number of ether oxygens (including phenoxy) is 2. The van der Waals surface area contributed by atoms with E-state index in [4.69, 9.17) is 9.47 Å². The van der Waals surface area contributed by atoms with Crippen molar-refractivity contribution < 1.29 is 23.9 Å². The van der Waals surface area contributed by atoms with Gasteiger partial charge in [-0.2, -0.15) is 0 Å². The highest BCUT2D eigenvalue weighted by molar-refractivity contribution is 6.04. The molecule has 0 aliphatic carbocycles. The topological polar surface area (TPSA) is 88.2 Å². The minimum absolute atomic E-state index is 0.0794. The van der Waals surface area contributed by atoms with Crippen LogP contribution in [-0.2, 0) is 22.7 Å². The summed E-state index contributed by atoms with van der Waals surface area (Å²) in [5, 5.41) is 2.68. The molecule has 1 aliphatic heterocycles. The molecule has 3 rings (SSSR count). The molecule has 1 fully saturated rings. The van der Waals surface area contributed by atoms with E-state index < -0.39 is 12.1 Å². The van der Waals surface area contributed by atoms with Gasteiger partial charge in [0, 0.05) is 20.0 Å². The molecule has 0 aromatic heterocycles. The first-order chi connectivity index (χ1) is 14.9. The minimum atomic E-state index is -0.707. The number of rotatable bonds is 9. The zero-order chi connectivity index (χ0) is 22.4. The van der Waals surface area contributed by atoms with Crippen molar-refractivity contribution in [2.45, 2.75) is 32.0 Å². The van der Waals surface area contributed by atoms with Gasteiger partial charge in [-0.1, -0.05) is 36.4 Å². The van der Waals surface area contributed by atoms with E-state index >= 15 is 0 Å². The van der Waals surface area contributed by atoms with Gasteiger partial charge < -0.3 is 19.7 Å². The summed E-state index contributed by atoms with van der Waals surface area (Å²) in [5.41, 5.74) is 1.77. The maximum absolute atomic E-state index is 12.7. The molecule has 2 aromatic rings. The fourth-order valence-corrected chi connectivity index (χ4v) is 3.49. The molecule has 0 radical (unpaired) electrons. The molecule has 164 valence electrons. The lowest BCUT2D eigenvalue weighted by molar-refractivity contribution is -0.131. The van der Waals surface area contributed by atoms with E-state index in [9.17, 15) is 14.4 Å². The van der Waals surface area contributed by atoms with Crippen LogP contribution >= 0.6 is 0 Å². The maximum atomic E-state index is 12.7. The molecule has 1 aliphatic rings. The lowest BCUT2D eigenvalue weighted by Gasteiger charge is -2.18. The smallest absolute Gasteiger partial charge is 0.325 e. The summed E-state index contributed by atoms with van der Waals surface area (Å²) in [6, 6.07) is 13.7. The van der Waals surface area contributed by atoms with Crippen LogP contribution in [0.2, 0.25) is 0 Å². The van der Waals surface area contributed by atoms with Crippen LogP contribution < -0.4 is 14.8 Å². The molecule has 2 aromatic carbocycles. The fraction of sp³-hybridized carbons (Fsp3) is 0.348. The third-order valence-electron chi connectivity index (χ3n) is 5.23. The minimum Gasteiger partial charge on any atom is -0.493 e. The van der Waals surface area contributed by atoms with Crippen molar-refractivity contribution in [1.29, 1.82) is 0 Å². The van der Waals surface area contributed by atoms with Gasteiger partial charge >= 0.3 is 6.03 Å². The van der Waals surface area contributed by atoms with Crippen LogP contribution in [0.4, 0.5) is 4.79 Å². The Morgan fingerprint density at radius 2 is 1.74 bits per heavy atom. The third kappa shape index (κ3) is 5.33. The average molecular weight is 425 g/mol. The summed E-state index contributed by atoms with van der Waals surface area (Å²) in [6.07, 6.45) is 0.426. The van der Waals surface area contributed by atoms with Gasteiger partial charge in [-0.3, -0.25) is 14.5 Å². The summed E-state index contributed by atoms with van der Waals surface area (Å²) in [6.45, 7) is 0.611. The van der Waals surface area contributed by atoms with Crippen molar-refractivity contribution in [3.63, 3.8) is 0 Å². The van der Waals surface area contributed by atoms with Gasteiger partial charge in [0.15, 0.2) is 11.5 Å². The van der Waals surface area contributed by atoms with Crippen LogP contribution in [0.5, 0.6) is 11.5 Å². The van der Waals surface area contributed by atoms with Gasteiger partial charge in [-0.15, -0.1) is 0 Å². The monoisotopic (exact) mass is 425 g/mol. The molecule has 4 amide bonds. The van der Waals surface area contributed by atoms with Crippen LogP contribution in [0, 0.1) is 0 Å². The summed E-state index contributed by atoms with van der Waals surface area (Å²) in [5.74, 6) is 0.678. The Hall–Kier alpha value is -3.55. The first-order valence-electron chi connectivity index (χ1n) is 10.0. The lowest BCUT2D eigenvalue weighted by Crippen LogP contribution is -2.33. The first-order valence-corrected chi connectivity index (χ1v) is 10.0. The highest BCUT2D eigenvalue weighted by atomic mass is 16.5. The molecule has 1 N–H and O–H groups in total. The van der Waals surface area contributed by atoms with Gasteiger partial charge in [-0.05, 0) is 29.7 Å². The molecule has 31 heavy (non-hydrogen) atoms. The number of methoxy groups -OCH3 is 2. The Balaban J connectivity index is 1.55. The van der Waals surface area contributed by atoms with E-state index in [2.05, 4.69) is 5.32 Å². The van der Waals surface area contributed by atoms with Crippen molar-refractivity contribution in [1.82, 2.24) is 15.1 Å². The second-order valence-electron chi connectivity index (χ2n) is 7.39. The highest BCUT2D eigenvalue weighted by Gasteiger charge is 2.38. The first kappa shape index (κ1) is 22.1. The lowest BCUT2D eigenvalue weighted by atomic mass is 10.1. The second kappa shape index (κ2) is 9.97. The van der Waals surface area contributed by atoms with Crippen LogP contribution in [0.1, 0.15) is 24.0 Å². The van der Waals surface area contributed by atoms with E-state index in [-0.39, 0.29) is 31.2 Å². The third-order valence-corrected chi connectivity index (χ3v) is 5.23. The van der Waals surface area contributed by atoms with E-state index in [0.29, 0.717) is 18.0 Å². The van der Waals surface area contributed by atoms with Gasteiger partial charge in [0.05, 0.1) is 20.8 Å². The number of hydrogen-bond donors (Lipinski definition) is 1. The number of carbonyl (C=O) groups excluding carboxylic acids is 3. The summed E-state index contributed by atoms with van der Waals surface area (Å²) < 4.78 is 10.5. The highest BCUT2D eigenvalue weighted by Crippen LogP contribution is 2.28. The Morgan fingerprint density at radius 1 is 1.03 bits per heavy atom.